The lowest BCUT2D eigenvalue weighted by atomic mass is 10.0. The highest BCUT2D eigenvalue weighted by Crippen LogP contribution is 2.32. The topological polar surface area (TPSA) is 82.6 Å². The molecule has 8 nitrogen and oxygen atoms in total. The Morgan fingerprint density at radius 3 is 2.65 bits per heavy atom. The van der Waals surface area contributed by atoms with Crippen molar-refractivity contribution in [3.8, 4) is 11.4 Å². The van der Waals surface area contributed by atoms with Gasteiger partial charge < -0.3 is 20.3 Å². The van der Waals surface area contributed by atoms with E-state index in [0.29, 0.717) is 56.5 Å². The number of morpholine rings is 1. The van der Waals surface area contributed by atoms with Crippen molar-refractivity contribution in [2.75, 3.05) is 49.6 Å². The number of amides is 2. The van der Waals surface area contributed by atoms with Gasteiger partial charge in [-0.05, 0) is 44.5 Å². The SMILES string of the molecule is CCNC(=O)Nc1ccc(-c2nc3c(c(N4CCOCC4C)n2)CCN(CC(F)(F)F)C3)cc1. The van der Waals surface area contributed by atoms with E-state index in [-0.39, 0.29) is 18.6 Å². The van der Waals surface area contributed by atoms with Crippen LogP contribution in [0.1, 0.15) is 25.1 Å². The molecule has 1 aromatic carbocycles. The summed E-state index contributed by atoms with van der Waals surface area (Å²) < 4.78 is 44.7. The molecule has 2 aliphatic heterocycles. The summed E-state index contributed by atoms with van der Waals surface area (Å²) >= 11 is 0. The molecule has 1 aromatic heterocycles. The number of fused-ring (bicyclic) bond motifs is 1. The van der Waals surface area contributed by atoms with E-state index in [1.807, 2.05) is 13.8 Å². The summed E-state index contributed by atoms with van der Waals surface area (Å²) in [6.45, 7) is 5.65. The van der Waals surface area contributed by atoms with Gasteiger partial charge in [0.05, 0.1) is 31.5 Å². The van der Waals surface area contributed by atoms with Crippen LogP contribution in [0, 0.1) is 0 Å². The van der Waals surface area contributed by atoms with Crippen LogP contribution in [0.5, 0.6) is 0 Å². The number of hydrogen-bond acceptors (Lipinski definition) is 6. The Hall–Kier alpha value is -2.92. The molecule has 1 saturated heterocycles. The average molecular weight is 479 g/mol. The number of carbonyl (C=O) groups is 1. The molecular formula is C23H29F3N6O2. The molecule has 0 bridgehead atoms. The van der Waals surface area contributed by atoms with E-state index in [1.165, 1.54) is 4.90 Å². The van der Waals surface area contributed by atoms with Crippen molar-refractivity contribution >= 4 is 17.5 Å². The number of nitrogens with zero attached hydrogens (tertiary/aromatic N) is 4. The summed E-state index contributed by atoms with van der Waals surface area (Å²) in [5, 5.41) is 5.41. The van der Waals surface area contributed by atoms with Crippen molar-refractivity contribution in [3.63, 3.8) is 0 Å². The molecule has 1 unspecified atom stereocenters. The standard InChI is InChI=1S/C23H29F3N6O2/c1-3-27-22(33)28-17-6-4-16(5-7-17)20-29-19-12-31(14-23(24,25)26)9-8-18(19)21(30-20)32-10-11-34-13-15(32)2/h4-7,15H,3,8-14H2,1-2H3,(H2,27,28,33). The fraction of sp³-hybridized carbons (Fsp3) is 0.522. The van der Waals surface area contributed by atoms with E-state index in [9.17, 15) is 18.0 Å². The van der Waals surface area contributed by atoms with Crippen LogP contribution in [-0.2, 0) is 17.7 Å². The Morgan fingerprint density at radius 2 is 1.97 bits per heavy atom. The molecule has 0 radical (unpaired) electrons. The number of benzene rings is 1. The Labute approximate surface area is 196 Å². The van der Waals surface area contributed by atoms with E-state index >= 15 is 0 Å². The summed E-state index contributed by atoms with van der Waals surface area (Å²) in [4.78, 5) is 24.9. The maximum Gasteiger partial charge on any atom is 0.401 e. The molecule has 34 heavy (non-hydrogen) atoms. The van der Waals surface area contributed by atoms with Gasteiger partial charge in [0.1, 0.15) is 5.82 Å². The van der Waals surface area contributed by atoms with Gasteiger partial charge in [0.2, 0.25) is 0 Å². The third kappa shape index (κ3) is 5.76. The molecule has 11 heteroatoms. The third-order valence-electron chi connectivity index (χ3n) is 5.90. The average Bonchev–Trinajstić information content (AvgIpc) is 2.78. The maximum atomic E-state index is 13.0. The molecule has 0 spiro atoms. The highest BCUT2D eigenvalue weighted by Gasteiger charge is 2.34. The monoisotopic (exact) mass is 478 g/mol. The van der Waals surface area contributed by atoms with Crippen LogP contribution in [-0.4, -0.2) is 72.5 Å². The van der Waals surface area contributed by atoms with Gasteiger partial charge in [0, 0.05) is 43.0 Å². The number of alkyl halides is 3. The van der Waals surface area contributed by atoms with Crippen LogP contribution in [0.15, 0.2) is 24.3 Å². The zero-order valence-corrected chi connectivity index (χ0v) is 19.3. The lowest BCUT2D eigenvalue weighted by Gasteiger charge is -2.38. The number of urea groups is 1. The second-order valence-corrected chi connectivity index (χ2v) is 8.55. The van der Waals surface area contributed by atoms with E-state index in [1.54, 1.807) is 24.3 Å². The van der Waals surface area contributed by atoms with E-state index < -0.39 is 12.7 Å². The number of rotatable bonds is 5. The second-order valence-electron chi connectivity index (χ2n) is 8.55. The van der Waals surface area contributed by atoms with Crippen molar-refractivity contribution in [2.45, 2.75) is 39.0 Å². The summed E-state index contributed by atoms with van der Waals surface area (Å²) in [6, 6.07) is 6.89. The summed E-state index contributed by atoms with van der Waals surface area (Å²) in [6.07, 6.45) is -3.80. The maximum absolute atomic E-state index is 13.0. The molecule has 2 aliphatic rings. The molecule has 3 heterocycles. The number of nitrogens with one attached hydrogen (secondary N) is 2. The van der Waals surface area contributed by atoms with Crippen molar-refractivity contribution in [2.24, 2.45) is 0 Å². The molecule has 4 rings (SSSR count). The van der Waals surface area contributed by atoms with Gasteiger partial charge in [0.15, 0.2) is 5.82 Å². The van der Waals surface area contributed by atoms with Gasteiger partial charge in [-0.25, -0.2) is 14.8 Å². The molecule has 184 valence electrons. The number of carbonyl (C=O) groups excluding carboxylic acids is 1. The fourth-order valence-electron chi connectivity index (χ4n) is 4.30. The molecule has 1 fully saturated rings. The lowest BCUT2D eigenvalue weighted by molar-refractivity contribution is -0.147. The first kappa shape index (κ1) is 24.2. The summed E-state index contributed by atoms with van der Waals surface area (Å²) in [5.41, 5.74) is 2.87. The summed E-state index contributed by atoms with van der Waals surface area (Å²) in [7, 11) is 0. The van der Waals surface area contributed by atoms with E-state index in [2.05, 4.69) is 20.5 Å². The van der Waals surface area contributed by atoms with Crippen LogP contribution in [0.25, 0.3) is 11.4 Å². The zero-order chi connectivity index (χ0) is 24.3. The van der Waals surface area contributed by atoms with Gasteiger partial charge >= 0.3 is 12.2 Å². The minimum Gasteiger partial charge on any atom is -0.377 e. The van der Waals surface area contributed by atoms with Gasteiger partial charge in [-0.1, -0.05) is 0 Å². The van der Waals surface area contributed by atoms with Gasteiger partial charge in [-0.2, -0.15) is 13.2 Å². The molecule has 2 amide bonds. The highest BCUT2D eigenvalue weighted by atomic mass is 19.4. The van der Waals surface area contributed by atoms with E-state index in [4.69, 9.17) is 9.72 Å². The second kappa shape index (κ2) is 10.1. The quantitative estimate of drug-likeness (QED) is 0.685. The first-order chi connectivity index (χ1) is 16.2. The van der Waals surface area contributed by atoms with Gasteiger partial charge in [-0.15, -0.1) is 0 Å². The number of aromatic nitrogens is 2. The molecule has 1 atom stereocenters. The number of halogens is 3. The Bertz CT molecular complexity index is 1020. The van der Waals surface area contributed by atoms with Gasteiger partial charge in [0.25, 0.3) is 0 Å². The fourth-order valence-corrected chi connectivity index (χ4v) is 4.30. The first-order valence-corrected chi connectivity index (χ1v) is 11.4. The minimum atomic E-state index is -4.26. The predicted octanol–water partition coefficient (Wildman–Crippen LogP) is 3.43. The van der Waals surface area contributed by atoms with Crippen LogP contribution < -0.4 is 15.5 Å². The van der Waals surface area contributed by atoms with Crippen LogP contribution in [0.4, 0.5) is 29.5 Å². The Morgan fingerprint density at radius 1 is 1.21 bits per heavy atom. The van der Waals surface area contributed by atoms with Crippen molar-refractivity contribution in [3.05, 3.63) is 35.5 Å². The van der Waals surface area contributed by atoms with Crippen LogP contribution in [0.2, 0.25) is 0 Å². The molecule has 0 aliphatic carbocycles. The van der Waals surface area contributed by atoms with Gasteiger partial charge in [-0.3, -0.25) is 4.90 Å². The Kier molecular flexibility index (Phi) is 7.22. The first-order valence-electron chi connectivity index (χ1n) is 11.4. The molecular weight excluding hydrogens is 449 g/mol. The molecule has 2 aromatic rings. The van der Waals surface area contributed by atoms with Crippen molar-refractivity contribution in [1.82, 2.24) is 20.2 Å². The lowest BCUT2D eigenvalue weighted by Crippen LogP contribution is -2.46. The van der Waals surface area contributed by atoms with Crippen LogP contribution >= 0.6 is 0 Å². The number of ether oxygens (including phenoxy) is 1. The van der Waals surface area contributed by atoms with E-state index in [0.717, 1.165) is 16.9 Å². The normalized spacial score (nSPS) is 19.0. The molecule has 0 saturated carbocycles. The van der Waals surface area contributed by atoms with Crippen molar-refractivity contribution in [1.29, 1.82) is 0 Å². The Balaban J connectivity index is 1.67. The predicted molar refractivity (Wildman–Crippen MR) is 123 cm³/mol. The third-order valence-corrected chi connectivity index (χ3v) is 5.90. The smallest absolute Gasteiger partial charge is 0.377 e. The molecule has 2 N–H and O–H groups in total. The van der Waals surface area contributed by atoms with Crippen molar-refractivity contribution < 1.29 is 22.7 Å². The highest BCUT2D eigenvalue weighted by molar-refractivity contribution is 5.89. The largest absolute Gasteiger partial charge is 0.401 e. The summed E-state index contributed by atoms with van der Waals surface area (Å²) in [5.74, 6) is 1.22. The number of hydrogen-bond donors (Lipinski definition) is 2. The van der Waals surface area contributed by atoms with Crippen LogP contribution in [0.3, 0.4) is 0 Å². The number of anilines is 2. The minimum absolute atomic E-state index is 0.0949. The zero-order valence-electron chi connectivity index (χ0n) is 19.3.